The molecule has 0 radical (unpaired) electrons. The van der Waals surface area contributed by atoms with E-state index in [1.807, 2.05) is 11.3 Å². The molecule has 0 atom stereocenters. The number of hydrogen-bond acceptors (Lipinski definition) is 2. The highest BCUT2D eigenvalue weighted by Gasteiger charge is 2.18. The molecule has 2 nitrogen and oxygen atoms in total. The van der Waals surface area contributed by atoms with Gasteiger partial charge in [0.1, 0.15) is 0 Å². The molecule has 11 aromatic rings. The molecule has 0 fully saturated rings. The van der Waals surface area contributed by atoms with Crippen LogP contribution in [0.5, 0.6) is 0 Å². The smallest absolute Gasteiger partial charge is 0.0541 e. The van der Waals surface area contributed by atoms with Crippen molar-refractivity contribution in [2.45, 2.75) is 6.92 Å². The molecule has 0 unspecified atom stereocenters. The Morgan fingerprint density at radius 3 is 1.76 bits per heavy atom. The standard InChI is InChI=1S/C55H38N2S/c1-37-33-41(43-25-30-49-48-20-9-11-22-54(48)58-55(49)36-43)26-31-51(37)56(44-16-6-3-7-17-44)45-28-23-39(24-29-45)42-27-32-53-50(35-42)47-19-8-10-21-52(47)57(53)46-18-12-15-40(34-46)38-13-4-2-5-14-38/h2-36H,1H3. The van der Waals surface area contributed by atoms with Crippen LogP contribution in [-0.2, 0) is 0 Å². The van der Waals surface area contributed by atoms with Crippen molar-refractivity contribution in [3.05, 3.63) is 218 Å². The highest BCUT2D eigenvalue weighted by molar-refractivity contribution is 7.25. The topological polar surface area (TPSA) is 8.17 Å². The normalized spacial score (nSPS) is 11.5. The average molecular weight is 759 g/mol. The van der Waals surface area contributed by atoms with Gasteiger partial charge in [0, 0.05) is 53.7 Å². The summed E-state index contributed by atoms with van der Waals surface area (Å²) >= 11 is 1.87. The van der Waals surface area contributed by atoms with E-state index in [9.17, 15) is 0 Å². The van der Waals surface area contributed by atoms with Crippen LogP contribution < -0.4 is 4.90 Å². The minimum absolute atomic E-state index is 1.12. The van der Waals surface area contributed by atoms with Gasteiger partial charge in [-0.2, -0.15) is 0 Å². The van der Waals surface area contributed by atoms with Gasteiger partial charge in [-0.25, -0.2) is 0 Å². The minimum atomic E-state index is 1.12. The van der Waals surface area contributed by atoms with Crippen LogP contribution >= 0.6 is 11.3 Å². The maximum Gasteiger partial charge on any atom is 0.0541 e. The molecule has 0 aliphatic heterocycles. The van der Waals surface area contributed by atoms with Crippen molar-refractivity contribution in [2.75, 3.05) is 4.90 Å². The molecular weight excluding hydrogens is 721 g/mol. The first-order valence-electron chi connectivity index (χ1n) is 19.8. The van der Waals surface area contributed by atoms with Crippen molar-refractivity contribution in [1.29, 1.82) is 0 Å². The quantitative estimate of drug-likeness (QED) is 0.157. The summed E-state index contributed by atoms with van der Waals surface area (Å²) in [5.74, 6) is 0. The fraction of sp³-hybridized carbons (Fsp3) is 0.0182. The molecule has 2 heterocycles. The maximum atomic E-state index is 2.40. The van der Waals surface area contributed by atoms with Crippen LogP contribution in [0.1, 0.15) is 5.56 Å². The number of rotatable bonds is 7. The van der Waals surface area contributed by atoms with Crippen molar-refractivity contribution in [1.82, 2.24) is 4.57 Å². The number of thiophene rings is 1. The Labute approximate surface area is 342 Å². The number of anilines is 3. The second-order valence-electron chi connectivity index (χ2n) is 15.0. The van der Waals surface area contributed by atoms with Gasteiger partial charge in [-0.15, -0.1) is 11.3 Å². The van der Waals surface area contributed by atoms with Gasteiger partial charge >= 0.3 is 0 Å². The predicted molar refractivity (Wildman–Crippen MR) is 249 cm³/mol. The summed E-state index contributed by atoms with van der Waals surface area (Å²) in [4.78, 5) is 2.37. The highest BCUT2D eigenvalue weighted by Crippen LogP contribution is 2.41. The summed E-state index contributed by atoms with van der Waals surface area (Å²) in [6.45, 7) is 2.23. The Hall–Kier alpha value is -7.20. The average Bonchev–Trinajstić information content (AvgIpc) is 3.83. The van der Waals surface area contributed by atoms with Gasteiger partial charge in [-0.1, -0.05) is 133 Å². The van der Waals surface area contributed by atoms with E-state index in [1.54, 1.807) is 0 Å². The summed E-state index contributed by atoms with van der Waals surface area (Å²) in [6.07, 6.45) is 0. The number of fused-ring (bicyclic) bond motifs is 6. The second-order valence-corrected chi connectivity index (χ2v) is 16.1. The summed E-state index contributed by atoms with van der Waals surface area (Å²) in [5.41, 5.74) is 15.5. The van der Waals surface area contributed by atoms with Crippen molar-refractivity contribution >= 4 is 70.4 Å². The van der Waals surface area contributed by atoms with Crippen LogP contribution in [-0.4, -0.2) is 4.57 Å². The van der Waals surface area contributed by atoms with E-state index in [0.29, 0.717) is 0 Å². The maximum absolute atomic E-state index is 2.40. The molecule has 11 rings (SSSR count). The first-order chi connectivity index (χ1) is 28.7. The van der Waals surface area contributed by atoms with E-state index in [-0.39, 0.29) is 0 Å². The number of hydrogen-bond donors (Lipinski definition) is 0. The van der Waals surface area contributed by atoms with E-state index in [0.717, 1.165) is 22.7 Å². The molecule has 58 heavy (non-hydrogen) atoms. The van der Waals surface area contributed by atoms with E-state index >= 15 is 0 Å². The van der Waals surface area contributed by atoms with E-state index in [1.165, 1.54) is 80.9 Å². The van der Waals surface area contributed by atoms with Crippen LogP contribution in [0.2, 0.25) is 0 Å². The molecule has 0 bridgehead atoms. The van der Waals surface area contributed by atoms with Gasteiger partial charge in [0.05, 0.1) is 11.0 Å². The molecular formula is C55H38N2S. The Morgan fingerprint density at radius 2 is 0.931 bits per heavy atom. The number of nitrogens with zero attached hydrogens (tertiary/aromatic N) is 2. The van der Waals surface area contributed by atoms with Crippen molar-refractivity contribution in [3.63, 3.8) is 0 Å². The molecule has 0 amide bonds. The molecule has 0 spiro atoms. The van der Waals surface area contributed by atoms with Crippen molar-refractivity contribution < 1.29 is 0 Å². The largest absolute Gasteiger partial charge is 0.310 e. The monoisotopic (exact) mass is 758 g/mol. The predicted octanol–water partition coefficient (Wildman–Crippen LogP) is 15.9. The SMILES string of the molecule is Cc1cc(-c2ccc3c(c2)sc2ccccc23)ccc1N(c1ccccc1)c1ccc(-c2ccc3c(c2)c2ccccc2n3-c2cccc(-c3ccccc3)c2)cc1. The Balaban J connectivity index is 0.949. The Morgan fingerprint density at radius 1 is 0.362 bits per heavy atom. The molecule has 0 saturated heterocycles. The fourth-order valence-electron chi connectivity index (χ4n) is 8.68. The molecule has 0 saturated carbocycles. The molecule has 0 aliphatic rings. The van der Waals surface area contributed by atoms with Gasteiger partial charge in [-0.05, 0) is 125 Å². The first-order valence-corrected chi connectivity index (χ1v) is 20.6. The van der Waals surface area contributed by atoms with Gasteiger partial charge in [0.2, 0.25) is 0 Å². The third kappa shape index (κ3) is 5.87. The summed E-state index contributed by atoms with van der Waals surface area (Å²) in [7, 11) is 0. The Kier molecular flexibility index (Phi) is 8.27. The Bertz CT molecular complexity index is 3280. The lowest BCUT2D eigenvalue weighted by atomic mass is 9.99. The van der Waals surface area contributed by atoms with Crippen molar-refractivity contribution in [3.8, 4) is 39.1 Å². The lowest BCUT2D eigenvalue weighted by Crippen LogP contribution is -2.11. The van der Waals surface area contributed by atoms with Gasteiger partial charge < -0.3 is 9.47 Å². The third-order valence-electron chi connectivity index (χ3n) is 11.5. The molecule has 0 N–H and O–H groups in total. The van der Waals surface area contributed by atoms with E-state index in [4.69, 9.17) is 0 Å². The van der Waals surface area contributed by atoms with Gasteiger partial charge in [-0.3, -0.25) is 0 Å². The van der Waals surface area contributed by atoms with Gasteiger partial charge in [0.15, 0.2) is 0 Å². The zero-order chi connectivity index (χ0) is 38.6. The number of aryl methyl sites for hydroxylation is 1. The van der Waals surface area contributed by atoms with Gasteiger partial charge in [0.25, 0.3) is 0 Å². The van der Waals surface area contributed by atoms with E-state index in [2.05, 4.69) is 229 Å². The number of benzene rings is 9. The molecule has 0 aliphatic carbocycles. The van der Waals surface area contributed by atoms with Crippen molar-refractivity contribution in [2.24, 2.45) is 0 Å². The number of para-hydroxylation sites is 2. The summed E-state index contributed by atoms with van der Waals surface area (Å²) in [6, 6.07) is 77.4. The zero-order valence-electron chi connectivity index (χ0n) is 32.0. The fourth-order valence-corrected chi connectivity index (χ4v) is 9.83. The molecule has 274 valence electrons. The lowest BCUT2D eigenvalue weighted by molar-refractivity contribution is 1.18. The lowest BCUT2D eigenvalue weighted by Gasteiger charge is -2.27. The molecule has 2 aromatic heterocycles. The zero-order valence-corrected chi connectivity index (χ0v) is 32.8. The second kappa shape index (κ2) is 14.1. The summed E-state index contributed by atoms with van der Waals surface area (Å²) < 4.78 is 5.06. The van der Waals surface area contributed by atoms with Crippen LogP contribution in [0.15, 0.2) is 212 Å². The first kappa shape index (κ1) is 34.1. The number of aromatic nitrogens is 1. The van der Waals surface area contributed by atoms with Crippen LogP contribution in [0.4, 0.5) is 17.1 Å². The highest BCUT2D eigenvalue weighted by atomic mass is 32.1. The third-order valence-corrected chi connectivity index (χ3v) is 12.6. The minimum Gasteiger partial charge on any atom is -0.310 e. The van der Waals surface area contributed by atoms with Crippen LogP contribution in [0, 0.1) is 6.92 Å². The molecule has 9 aromatic carbocycles. The van der Waals surface area contributed by atoms with Crippen LogP contribution in [0.3, 0.4) is 0 Å². The summed E-state index contributed by atoms with van der Waals surface area (Å²) in [5, 5.41) is 5.15. The molecule has 3 heteroatoms. The van der Waals surface area contributed by atoms with E-state index < -0.39 is 0 Å². The van der Waals surface area contributed by atoms with Crippen LogP contribution in [0.25, 0.3) is 81.0 Å².